The fourth-order valence-electron chi connectivity index (χ4n) is 2.30. The van der Waals surface area contributed by atoms with E-state index in [1.807, 2.05) is 84.4 Å². The van der Waals surface area contributed by atoms with Crippen LogP contribution in [-0.4, -0.2) is 9.97 Å². The zero-order valence-electron chi connectivity index (χ0n) is 23.6. The van der Waals surface area contributed by atoms with E-state index >= 15 is 0 Å². The normalized spacial score (nSPS) is 8.08. The van der Waals surface area contributed by atoms with Crippen molar-refractivity contribution < 1.29 is 0 Å². The van der Waals surface area contributed by atoms with E-state index < -0.39 is 0 Å². The zero-order chi connectivity index (χ0) is 26.1. The average Bonchev–Trinajstić information content (AvgIpc) is 2.90. The van der Waals surface area contributed by atoms with E-state index in [2.05, 4.69) is 81.8 Å². The summed E-state index contributed by atoms with van der Waals surface area (Å²) >= 11 is 0. The number of hydrogen-bond acceptors (Lipinski definition) is 2. The second-order valence-corrected chi connectivity index (χ2v) is 7.44. The molecule has 0 aliphatic heterocycles. The molecule has 0 saturated heterocycles. The molecule has 0 atom stereocenters. The molecule has 2 aromatic heterocycles. The number of nitrogens with zero attached hydrogens (tertiary/aromatic N) is 2. The van der Waals surface area contributed by atoms with Gasteiger partial charge in [-0.3, -0.25) is 9.97 Å². The Hall–Kier alpha value is -2.48. The third kappa shape index (κ3) is 26.1. The van der Waals surface area contributed by atoms with Crippen molar-refractivity contribution in [2.45, 2.75) is 123 Å². The predicted octanol–water partition coefficient (Wildman–Crippen LogP) is 12.2. The summed E-state index contributed by atoms with van der Waals surface area (Å²) in [6.45, 7) is 25.1. The summed E-state index contributed by atoms with van der Waals surface area (Å²) in [5.41, 5.74) is 4.07. The van der Waals surface area contributed by atoms with Crippen LogP contribution < -0.4 is 0 Å². The first-order valence-electron chi connectivity index (χ1n) is 12.8. The minimum atomic E-state index is 0. The molecule has 0 spiro atoms. The third-order valence-electron chi connectivity index (χ3n) is 4.19. The van der Waals surface area contributed by atoms with Gasteiger partial charge in [-0.1, -0.05) is 142 Å². The Morgan fingerprint density at radius 3 is 1.03 bits per heavy atom. The monoisotopic (exact) mass is 501 g/mol. The Balaban J connectivity index is -0.0000000816. The predicted molar refractivity (Wildman–Crippen MR) is 171 cm³/mol. The van der Waals surface area contributed by atoms with Gasteiger partial charge in [0.1, 0.15) is 0 Å². The third-order valence-corrected chi connectivity index (χ3v) is 4.19. The molecule has 2 nitrogen and oxygen atoms in total. The number of pyridine rings is 2. The van der Waals surface area contributed by atoms with Crippen molar-refractivity contribution >= 4 is 0 Å². The molecular formula is C34H64N2. The van der Waals surface area contributed by atoms with E-state index in [4.69, 9.17) is 0 Å². The number of aromatic nitrogens is 2. The van der Waals surface area contributed by atoms with Crippen molar-refractivity contribution in [1.29, 1.82) is 0 Å². The molecule has 0 saturated carbocycles. The van der Waals surface area contributed by atoms with E-state index in [-0.39, 0.29) is 22.3 Å². The lowest BCUT2D eigenvalue weighted by atomic mass is 10.0. The van der Waals surface area contributed by atoms with E-state index in [1.165, 1.54) is 16.7 Å². The molecule has 0 radical (unpaired) electrons. The van der Waals surface area contributed by atoms with Crippen molar-refractivity contribution in [3.8, 4) is 0 Å². The van der Waals surface area contributed by atoms with Gasteiger partial charge in [0.2, 0.25) is 0 Å². The highest BCUT2D eigenvalue weighted by Crippen LogP contribution is 2.12. The lowest BCUT2D eigenvalue weighted by Crippen LogP contribution is -1.85. The van der Waals surface area contributed by atoms with E-state index in [1.54, 1.807) is 6.20 Å². The van der Waals surface area contributed by atoms with Gasteiger partial charge in [-0.05, 0) is 52.6 Å². The van der Waals surface area contributed by atoms with E-state index in [0.717, 1.165) is 0 Å². The second kappa shape index (κ2) is 34.7. The van der Waals surface area contributed by atoms with Gasteiger partial charge in [0.15, 0.2) is 0 Å². The fraction of sp³-hybridized carbons (Fsp3) is 0.529. The lowest BCUT2D eigenvalue weighted by Gasteiger charge is -2.01. The topological polar surface area (TPSA) is 25.8 Å². The van der Waals surface area contributed by atoms with Crippen molar-refractivity contribution in [2.24, 2.45) is 0 Å². The number of rotatable bonds is 3. The summed E-state index contributed by atoms with van der Waals surface area (Å²) in [7, 11) is 0. The first-order chi connectivity index (χ1) is 15.9. The van der Waals surface area contributed by atoms with Crippen LogP contribution in [0.1, 0.15) is 140 Å². The molecule has 0 fully saturated rings. The van der Waals surface area contributed by atoms with Gasteiger partial charge < -0.3 is 0 Å². The molecule has 1 aromatic carbocycles. The summed E-state index contributed by atoms with van der Waals surface area (Å²) in [5.74, 6) is 1.87. The molecule has 0 bridgehead atoms. The van der Waals surface area contributed by atoms with Gasteiger partial charge in [0.25, 0.3) is 0 Å². The summed E-state index contributed by atoms with van der Waals surface area (Å²) in [4.78, 5) is 7.93. The average molecular weight is 501 g/mol. The van der Waals surface area contributed by atoms with Gasteiger partial charge in [0.05, 0.1) is 0 Å². The van der Waals surface area contributed by atoms with E-state index in [9.17, 15) is 0 Å². The van der Waals surface area contributed by atoms with Crippen LogP contribution in [0.3, 0.4) is 0 Å². The molecule has 2 heterocycles. The molecule has 36 heavy (non-hydrogen) atoms. The quantitative estimate of drug-likeness (QED) is 0.357. The molecule has 3 rings (SSSR count). The fourth-order valence-corrected chi connectivity index (χ4v) is 2.30. The van der Waals surface area contributed by atoms with Crippen LogP contribution in [0.2, 0.25) is 0 Å². The zero-order valence-corrected chi connectivity index (χ0v) is 23.6. The Morgan fingerprint density at radius 2 is 0.778 bits per heavy atom. The minimum Gasteiger partial charge on any atom is -0.265 e. The molecule has 0 amide bonds. The van der Waals surface area contributed by atoms with Gasteiger partial charge in [-0.25, -0.2) is 0 Å². The highest BCUT2D eigenvalue weighted by Gasteiger charge is 1.95. The summed E-state index contributed by atoms with van der Waals surface area (Å²) in [6.07, 6.45) is 7.36. The second-order valence-electron chi connectivity index (χ2n) is 7.44. The lowest BCUT2D eigenvalue weighted by molar-refractivity contribution is 0.858. The Bertz CT molecular complexity index is 603. The van der Waals surface area contributed by atoms with Crippen LogP contribution in [-0.2, 0) is 0 Å². The Morgan fingerprint density at radius 1 is 0.417 bits per heavy atom. The smallest absolute Gasteiger partial charge is 0.0302 e. The molecule has 2 heteroatoms. The van der Waals surface area contributed by atoms with Crippen molar-refractivity contribution in [2.75, 3.05) is 0 Å². The van der Waals surface area contributed by atoms with Gasteiger partial charge >= 0.3 is 0 Å². The standard InChI is InChI=1S/C9H12.2C8H11N.3C2H6.3CH4/c1-8(2)9-6-4-3-5-7-9;1-7(2)8-3-5-9-6-4-8;1-7(2)8-4-3-5-9-6-8;3*1-2;;;/h3-8H,1-2H3;2*3-7H,1-2H3;3*1-2H3;3*1H4. The van der Waals surface area contributed by atoms with Crippen LogP contribution in [0.15, 0.2) is 79.4 Å². The SMILES string of the molecule is C.C.C.CC.CC.CC.CC(C)c1ccccc1.CC(C)c1cccnc1.CC(C)c1ccncc1. The Labute approximate surface area is 229 Å². The maximum Gasteiger partial charge on any atom is 0.0302 e. The van der Waals surface area contributed by atoms with Crippen LogP contribution in [0.4, 0.5) is 0 Å². The van der Waals surface area contributed by atoms with Gasteiger partial charge in [0, 0.05) is 24.8 Å². The molecule has 210 valence electrons. The summed E-state index contributed by atoms with van der Waals surface area (Å²) in [6, 6.07) is 18.7. The van der Waals surface area contributed by atoms with Crippen molar-refractivity contribution in [1.82, 2.24) is 9.97 Å². The highest BCUT2D eigenvalue weighted by atomic mass is 14.6. The van der Waals surface area contributed by atoms with E-state index in [0.29, 0.717) is 17.8 Å². The maximum atomic E-state index is 4.01. The van der Waals surface area contributed by atoms with Crippen LogP contribution in [0.5, 0.6) is 0 Å². The van der Waals surface area contributed by atoms with Crippen LogP contribution in [0.25, 0.3) is 0 Å². The molecule has 3 aromatic rings. The molecular weight excluding hydrogens is 436 g/mol. The van der Waals surface area contributed by atoms with Crippen LogP contribution in [0, 0.1) is 0 Å². The molecule has 0 N–H and O–H groups in total. The summed E-state index contributed by atoms with van der Waals surface area (Å²) < 4.78 is 0. The molecule has 0 aliphatic carbocycles. The first-order valence-corrected chi connectivity index (χ1v) is 12.8. The van der Waals surface area contributed by atoms with Crippen molar-refractivity contribution in [3.05, 3.63) is 96.1 Å². The largest absolute Gasteiger partial charge is 0.265 e. The van der Waals surface area contributed by atoms with Crippen LogP contribution >= 0.6 is 0 Å². The van der Waals surface area contributed by atoms with Gasteiger partial charge in [-0.2, -0.15) is 0 Å². The maximum absolute atomic E-state index is 4.01. The first kappa shape index (κ1) is 46.8. The highest BCUT2D eigenvalue weighted by molar-refractivity contribution is 5.17. The number of hydrogen-bond donors (Lipinski definition) is 0. The van der Waals surface area contributed by atoms with Gasteiger partial charge in [-0.15, -0.1) is 0 Å². The number of benzene rings is 1. The molecule has 0 unspecified atom stereocenters. The summed E-state index contributed by atoms with van der Waals surface area (Å²) in [5, 5.41) is 0. The Kier molecular flexibility index (Phi) is 45.1. The molecule has 0 aliphatic rings. The van der Waals surface area contributed by atoms with Crippen molar-refractivity contribution in [3.63, 3.8) is 0 Å². The minimum absolute atomic E-state index is 0.